The van der Waals surface area contributed by atoms with Crippen LogP contribution < -0.4 is 10.2 Å². The number of rotatable bonds is 4. The van der Waals surface area contributed by atoms with Crippen molar-refractivity contribution in [3.63, 3.8) is 0 Å². The van der Waals surface area contributed by atoms with Crippen LogP contribution in [0.5, 0.6) is 0 Å². The molecule has 7 nitrogen and oxygen atoms in total. The van der Waals surface area contributed by atoms with Gasteiger partial charge in [0.1, 0.15) is 5.76 Å². The number of furan rings is 1. The molecule has 0 radical (unpaired) electrons. The van der Waals surface area contributed by atoms with Crippen LogP contribution in [-0.4, -0.2) is 24.8 Å². The number of esters is 1. The van der Waals surface area contributed by atoms with Crippen molar-refractivity contribution in [1.29, 1.82) is 0 Å². The Morgan fingerprint density at radius 2 is 1.62 bits per heavy atom. The molecule has 0 spiro atoms. The number of anilines is 2. The van der Waals surface area contributed by atoms with Gasteiger partial charge < -0.3 is 14.5 Å². The van der Waals surface area contributed by atoms with Crippen LogP contribution in [0.3, 0.4) is 0 Å². The molecule has 2 atom stereocenters. The first-order valence-electron chi connectivity index (χ1n) is 12.8. The molecule has 0 saturated carbocycles. The van der Waals surface area contributed by atoms with Crippen molar-refractivity contribution in [2.75, 3.05) is 17.3 Å². The molecular formula is C32H26N2O5. The lowest BCUT2D eigenvalue weighted by Crippen LogP contribution is -2.38. The molecule has 7 heteroatoms. The molecule has 2 heterocycles. The van der Waals surface area contributed by atoms with Crippen LogP contribution in [0.15, 0.2) is 113 Å². The van der Waals surface area contributed by atoms with Crippen molar-refractivity contribution >= 4 is 29.0 Å². The Hall–Kier alpha value is -4.91. The van der Waals surface area contributed by atoms with Crippen LogP contribution in [0.2, 0.25) is 0 Å². The van der Waals surface area contributed by atoms with Crippen molar-refractivity contribution in [2.45, 2.75) is 24.8 Å². The summed E-state index contributed by atoms with van der Waals surface area (Å²) in [5.74, 6) is -0.121. The number of hydrogen-bond acceptors (Lipinski definition) is 6. The summed E-state index contributed by atoms with van der Waals surface area (Å²) in [5, 5.41) is 3.51. The summed E-state index contributed by atoms with van der Waals surface area (Å²) in [5.41, 5.74) is 4.28. The number of hydrogen-bond donors (Lipinski definition) is 1. The fraction of sp³-hybridized carbons (Fsp3) is 0.156. The van der Waals surface area contributed by atoms with Crippen LogP contribution in [0.25, 0.3) is 0 Å². The number of nitrogens with zero attached hydrogens (tertiary/aromatic N) is 1. The van der Waals surface area contributed by atoms with E-state index in [0.29, 0.717) is 34.4 Å². The zero-order valence-corrected chi connectivity index (χ0v) is 21.3. The molecule has 0 bridgehead atoms. The lowest BCUT2D eigenvalue weighted by Gasteiger charge is -2.35. The second-order valence-corrected chi connectivity index (χ2v) is 9.64. The van der Waals surface area contributed by atoms with Crippen molar-refractivity contribution in [2.24, 2.45) is 0 Å². The number of ketones is 1. The second-order valence-electron chi connectivity index (χ2n) is 9.64. The van der Waals surface area contributed by atoms with E-state index in [-0.39, 0.29) is 24.0 Å². The highest BCUT2D eigenvalue weighted by Gasteiger charge is 2.42. The van der Waals surface area contributed by atoms with Gasteiger partial charge in [-0.1, -0.05) is 42.5 Å². The molecule has 39 heavy (non-hydrogen) atoms. The number of methoxy groups -OCH3 is 1. The monoisotopic (exact) mass is 518 g/mol. The minimum absolute atomic E-state index is 0.0640. The number of carbonyl (C=O) groups is 3. The minimum atomic E-state index is -0.722. The third kappa shape index (κ3) is 4.42. The van der Waals surface area contributed by atoms with E-state index in [9.17, 15) is 14.4 Å². The van der Waals surface area contributed by atoms with Gasteiger partial charge in [0.2, 0.25) is 0 Å². The van der Waals surface area contributed by atoms with E-state index < -0.39 is 12.0 Å². The highest BCUT2D eigenvalue weighted by molar-refractivity contribution is 6.12. The summed E-state index contributed by atoms with van der Waals surface area (Å²) in [6.07, 6.45) is 2.42. The number of amides is 1. The number of Topliss-reactive ketones (excluding diaryl/α,β-unsaturated/α-hetero) is 1. The maximum atomic E-state index is 14.2. The predicted octanol–water partition coefficient (Wildman–Crippen LogP) is 6.28. The summed E-state index contributed by atoms with van der Waals surface area (Å²) in [4.78, 5) is 42.1. The zero-order chi connectivity index (χ0) is 26.9. The summed E-state index contributed by atoms with van der Waals surface area (Å²) in [7, 11) is 1.33. The van der Waals surface area contributed by atoms with Crippen LogP contribution in [0.4, 0.5) is 11.4 Å². The Morgan fingerprint density at radius 3 is 2.33 bits per heavy atom. The van der Waals surface area contributed by atoms with Gasteiger partial charge >= 0.3 is 5.97 Å². The number of para-hydroxylation sites is 2. The molecular weight excluding hydrogens is 492 g/mol. The largest absolute Gasteiger partial charge is 0.469 e. The Labute approximate surface area is 225 Å². The van der Waals surface area contributed by atoms with Gasteiger partial charge in [-0.05, 0) is 60.5 Å². The molecule has 0 fully saturated rings. The van der Waals surface area contributed by atoms with E-state index in [1.165, 1.54) is 7.11 Å². The quantitative estimate of drug-likeness (QED) is 0.320. The second kappa shape index (κ2) is 10.1. The fourth-order valence-electron chi connectivity index (χ4n) is 5.49. The third-order valence-corrected chi connectivity index (χ3v) is 7.32. The number of allylic oxidation sites excluding steroid dienone is 1. The van der Waals surface area contributed by atoms with E-state index in [2.05, 4.69) is 5.32 Å². The summed E-state index contributed by atoms with van der Waals surface area (Å²) < 4.78 is 10.5. The highest BCUT2D eigenvalue weighted by atomic mass is 16.5. The van der Waals surface area contributed by atoms with Gasteiger partial charge in [0.05, 0.1) is 36.4 Å². The average molecular weight is 519 g/mol. The average Bonchev–Trinajstić information content (AvgIpc) is 3.47. The van der Waals surface area contributed by atoms with Gasteiger partial charge in [-0.25, -0.2) is 4.79 Å². The van der Waals surface area contributed by atoms with E-state index in [1.54, 1.807) is 47.6 Å². The molecule has 4 aromatic rings. The van der Waals surface area contributed by atoms with Crippen molar-refractivity contribution in [3.8, 4) is 0 Å². The maximum absolute atomic E-state index is 14.2. The van der Waals surface area contributed by atoms with E-state index in [0.717, 1.165) is 17.1 Å². The molecule has 2 aliphatic rings. The first-order chi connectivity index (χ1) is 19.0. The lowest BCUT2D eigenvalue weighted by atomic mass is 9.80. The maximum Gasteiger partial charge on any atom is 0.337 e. The SMILES string of the molecule is COC(=O)c1ccc([C@@H]2C3=C(C[C@H](c4ccco4)CC3=O)Nc3ccccc3N2C(=O)c2ccccc2)cc1. The summed E-state index contributed by atoms with van der Waals surface area (Å²) >= 11 is 0. The number of nitrogens with one attached hydrogen (secondary N) is 1. The summed E-state index contributed by atoms with van der Waals surface area (Å²) in [6, 6.07) is 26.5. The number of fused-ring (bicyclic) bond motifs is 1. The number of ether oxygens (including phenoxy) is 1. The highest BCUT2D eigenvalue weighted by Crippen LogP contribution is 2.47. The molecule has 3 aromatic carbocycles. The van der Waals surface area contributed by atoms with Crippen molar-refractivity contribution in [1.82, 2.24) is 0 Å². The van der Waals surface area contributed by atoms with Gasteiger partial charge in [0.25, 0.3) is 5.91 Å². The van der Waals surface area contributed by atoms with E-state index in [1.807, 2.05) is 54.6 Å². The van der Waals surface area contributed by atoms with Gasteiger partial charge in [0.15, 0.2) is 5.78 Å². The first kappa shape index (κ1) is 24.4. The van der Waals surface area contributed by atoms with Gasteiger partial charge in [-0.3, -0.25) is 14.5 Å². The molecule has 6 rings (SSSR count). The van der Waals surface area contributed by atoms with Gasteiger partial charge in [-0.2, -0.15) is 0 Å². The molecule has 0 saturated heterocycles. The Kier molecular flexibility index (Phi) is 6.32. The van der Waals surface area contributed by atoms with Crippen molar-refractivity contribution < 1.29 is 23.5 Å². The third-order valence-electron chi connectivity index (χ3n) is 7.32. The standard InChI is InChI=1S/C32H26N2O5/c1-38-32(37)22-15-13-20(14-16-22)30-29-25(18-23(19-27(29)35)28-12-7-17-39-28)33-24-10-5-6-11-26(24)34(30)31(36)21-8-3-2-4-9-21/h2-17,23,30,33H,18-19H2,1H3/t23-,30+/m0/s1. The van der Waals surface area contributed by atoms with Crippen LogP contribution >= 0.6 is 0 Å². The van der Waals surface area contributed by atoms with E-state index in [4.69, 9.17) is 9.15 Å². The molecule has 1 aromatic heterocycles. The topological polar surface area (TPSA) is 88.8 Å². The van der Waals surface area contributed by atoms with Gasteiger partial charge in [0, 0.05) is 29.2 Å². The normalized spacial score (nSPS) is 18.5. The Balaban J connectivity index is 1.56. The van der Waals surface area contributed by atoms with Crippen molar-refractivity contribution in [3.05, 3.63) is 131 Å². The molecule has 1 aliphatic carbocycles. The zero-order valence-electron chi connectivity index (χ0n) is 21.3. The first-order valence-corrected chi connectivity index (χ1v) is 12.8. The molecule has 1 amide bonds. The number of benzene rings is 3. The molecule has 1 N–H and O–H groups in total. The van der Waals surface area contributed by atoms with Crippen LogP contribution in [0.1, 0.15) is 56.8 Å². The van der Waals surface area contributed by atoms with Crippen LogP contribution in [-0.2, 0) is 9.53 Å². The molecule has 0 unspecified atom stereocenters. The molecule has 194 valence electrons. The predicted molar refractivity (Wildman–Crippen MR) is 147 cm³/mol. The molecule has 1 aliphatic heterocycles. The smallest absolute Gasteiger partial charge is 0.337 e. The lowest BCUT2D eigenvalue weighted by molar-refractivity contribution is -0.116. The van der Waals surface area contributed by atoms with Crippen LogP contribution in [0, 0.1) is 0 Å². The summed E-state index contributed by atoms with van der Waals surface area (Å²) in [6.45, 7) is 0. The van der Waals surface area contributed by atoms with E-state index >= 15 is 0 Å². The number of carbonyl (C=O) groups excluding carboxylic acids is 3. The Bertz CT molecular complexity index is 1570. The fourth-order valence-corrected chi connectivity index (χ4v) is 5.49. The van der Waals surface area contributed by atoms with Gasteiger partial charge in [-0.15, -0.1) is 0 Å². The minimum Gasteiger partial charge on any atom is -0.469 e. The Morgan fingerprint density at radius 1 is 0.872 bits per heavy atom.